The molecule has 31 heavy (non-hydrogen) atoms. The molecule has 0 saturated carbocycles. The average molecular weight is 428 g/mol. The number of nitrogens with one attached hydrogen (secondary N) is 2. The first-order valence-corrected chi connectivity index (χ1v) is 11.9. The summed E-state index contributed by atoms with van der Waals surface area (Å²) < 4.78 is 4.21. The van der Waals surface area contributed by atoms with Gasteiger partial charge in [0, 0.05) is 64.9 Å². The Morgan fingerprint density at radius 3 is 2.97 bits per heavy atom. The largest absolute Gasteiger partial charge is 0.367 e. The second-order valence-corrected chi connectivity index (χ2v) is 8.66. The third kappa shape index (κ3) is 5.77. The number of guanidine groups is 1. The molecule has 4 rings (SSSR count). The third-order valence-corrected chi connectivity index (χ3v) is 6.18. The Morgan fingerprint density at radius 2 is 2.13 bits per heavy atom. The molecule has 2 aromatic heterocycles. The van der Waals surface area contributed by atoms with Crippen LogP contribution in [0.5, 0.6) is 0 Å². The normalized spacial score (nSPS) is 19.7. The fraction of sp³-hybridized carbons (Fsp3) is 0.727. The summed E-state index contributed by atoms with van der Waals surface area (Å²) >= 11 is 0. The van der Waals surface area contributed by atoms with Crippen LogP contribution in [0, 0.1) is 0 Å². The minimum Gasteiger partial charge on any atom is -0.367 e. The summed E-state index contributed by atoms with van der Waals surface area (Å²) in [4.78, 5) is 7.25. The van der Waals surface area contributed by atoms with Gasteiger partial charge in [-0.2, -0.15) is 5.10 Å². The second-order valence-electron chi connectivity index (χ2n) is 8.66. The van der Waals surface area contributed by atoms with Crippen molar-refractivity contribution >= 4 is 11.6 Å². The first-order valence-electron chi connectivity index (χ1n) is 11.9. The van der Waals surface area contributed by atoms with Crippen molar-refractivity contribution in [1.29, 1.82) is 0 Å². The Bertz CT molecular complexity index is 853. The molecule has 9 nitrogen and oxygen atoms in total. The maximum atomic E-state index is 4.84. The number of nitrogens with zero attached hydrogens (tertiary/aromatic N) is 7. The molecule has 2 aliphatic heterocycles. The quantitative estimate of drug-likeness (QED) is 0.399. The number of hydrogen-bond donors (Lipinski definition) is 2. The molecule has 4 heterocycles. The third-order valence-electron chi connectivity index (χ3n) is 6.18. The summed E-state index contributed by atoms with van der Waals surface area (Å²) in [6.45, 7) is 6.90. The molecular weight excluding hydrogens is 390 g/mol. The lowest BCUT2D eigenvalue weighted by Crippen LogP contribution is -2.51. The van der Waals surface area contributed by atoms with Crippen LogP contribution < -0.4 is 15.5 Å². The van der Waals surface area contributed by atoms with Gasteiger partial charge in [-0.3, -0.25) is 9.67 Å². The molecule has 0 aromatic carbocycles. The van der Waals surface area contributed by atoms with Gasteiger partial charge in [0.15, 0.2) is 5.96 Å². The van der Waals surface area contributed by atoms with E-state index >= 15 is 0 Å². The van der Waals surface area contributed by atoms with Gasteiger partial charge >= 0.3 is 0 Å². The molecule has 1 fully saturated rings. The van der Waals surface area contributed by atoms with Gasteiger partial charge in [-0.05, 0) is 39.0 Å². The van der Waals surface area contributed by atoms with Crippen LogP contribution in [0.25, 0.3) is 0 Å². The van der Waals surface area contributed by atoms with E-state index in [-0.39, 0.29) is 0 Å². The SMILES string of the molecule is CCNC(=NCCCc1nnc2n1CCCCC2)NC1CCCN(c2cnn(C)c2)C1. The van der Waals surface area contributed by atoms with Crippen molar-refractivity contribution in [3.05, 3.63) is 24.0 Å². The van der Waals surface area contributed by atoms with Gasteiger partial charge in [-0.25, -0.2) is 0 Å². The lowest BCUT2D eigenvalue weighted by molar-refractivity contribution is 0.468. The Kier molecular flexibility index (Phi) is 7.43. The van der Waals surface area contributed by atoms with Gasteiger partial charge in [0.25, 0.3) is 0 Å². The minimum atomic E-state index is 0.388. The van der Waals surface area contributed by atoms with Crippen molar-refractivity contribution in [1.82, 2.24) is 35.2 Å². The second kappa shape index (κ2) is 10.6. The Hall–Kier alpha value is -2.58. The van der Waals surface area contributed by atoms with Crippen LogP contribution in [0.4, 0.5) is 5.69 Å². The Labute approximate surface area is 185 Å². The average Bonchev–Trinajstić information content (AvgIpc) is 3.30. The van der Waals surface area contributed by atoms with Crippen molar-refractivity contribution in [3.8, 4) is 0 Å². The van der Waals surface area contributed by atoms with E-state index in [0.29, 0.717) is 6.04 Å². The summed E-state index contributed by atoms with van der Waals surface area (Å²) in [6, 6.07) is 0.388. The molecule has 1 unspecified atom stereocenters. The predicted molar refractivity (Wildman–Crippen MR) is 123 cm³/mol. The van der Waals surface area contributed by atoms with Crippen LogP contribution in [0.2, 0.25) is 0 Å². The number of rotatable bonds is 7. The molecule has 0 aliphatic carbocycles. The monoisotopic (exact) mass is 427 g/mol. The maximum absolute atomic E-state index is 4.84. The lowest BCUT2D eigenvalue weighted by atomic mass is 10.1. The summed E-state index contributed by atoms with van der Waals surface area (Å²) in [5.41, 5.74) is 1.20. The Balaban J connectivity index is 1.28. The van der Waals surface area contributed by atoms with Gasteiger partial charge in [0.2, 0.25) is 0 Å². The molecular formula is C22H37N9. The van der Waals surface area contributed by atoms with Gasteiger partial charge in [0.1, 0.15) is 11.6 Å². The molecule has 1 saturated heterocycles. The number of aryl methyl sites for hydroxylation is 3. The van der Waals surface area contributed by atoms with Crippen LogP contribution in [-0.2, 0) is 26.4 Å². The van der Waals surface area contributed by atoms with Crippen LogP contribution in [0.3, 0.4) is 0 Å². The van der Waals surface area contributed by atoms with Crippen LogP contribution >= 0.6 is 0 Å². The van der Waals surface area contributed by atoms with E-state index in [1.165, 1.54) is 37.2 Å². The van der Waals surface area contributed by atoms with E-state index < -0.39 is 0 Å². The number of aromatic nitrogens is 5. The zero-order valence-corrected chi connectivity index (χ0v) is 19.1. The van der Waals surface area contributed by atoms with Gasteiger partial charge in [-0.15, -0.1) is 10.2 Å². The molecule has 0 bridgehead atoms. The highest BCUT2D eigenvalue weighted by molar-refractivity contribution is 5.80. The molecule has 0 spiro atoms. The molecule has 2 aromatic rings. The summed E-state index contributed by atoms with van der Waals surface area (Å²) in [7, 11) is 1.97. The van der Waals surface area contributed by atoms with E-state index in [1.807, 2.05) is 17.9 Å². The van der Waals surface area contributed by atoms with E-state index in [9.17, 15) is 0 Å². The maximum Gasteiger partial charge on any atom is 0.191 e. The number of aliphatic imine (C=N–C) groups is 1. The topological polar surface area (TPSA) is 88.2 Å². The summed E-state index contributed by atoms with van der Waals surface area (Å²) in [5.74, 6) is 3.21. The van der Waals surface area contributed by atoms with E-state index in [0.717, 1.165) is 70.2 Å². The zero-order valence-electron chi connectivity index (χ0n) is 19.1. The predicted octanol–water partition coefficient (Wildman–Crippen LogP) is 1.89. The molecule has 1 atom stereocenters. The number of anilines is 1. The zero-order chi connectivity index (χ0) is 21.5. The van der Waals surface area contributed by atoms with Crippen molar-refractivity contribution in [2.75, 3.05) is 31.1 Å². The standard InChI is InChI=1S/C22H37N9/c1-3-23-22(26-18-9-8-13-30(16-18)19-15-25-29(2)17-19)24-12-7-11-21-28-27-20-10-5-4-6-14-31(20)21/h15,17-18H,3-14,16H2,1-2H3,(H2,23,24,26). The van der Waals surface area contributed by atoms with Crippen molar-refractivity contribution in [3.63, 3.8) is 0 Å². The highest BCUT2D eigenvalue weighted by atomic mass is 15.3. The lowest BCUT2D eigenvalue weighted by Gasteiger charge is -2.34. The summed E-state index contributed by atoms with van der Waals surface area (Å²) in [6.07, 6.45) is 13.1. The van der Waals surface area contributed by atoms with Gasteiger partial charge in [-0.1, -0.05) is 6.42 Å². The molecule has 0 amide bonds. The molecule has 2 N–H and O–H groups in total. The summed E-state index contributed by atoms with van der Waals surface area (Å²) in [5, 5.41) is 20.2. The van der Waals surface area contributed by atoms with E-state index in [4.69, 9.17) is 4.99 Å². The van der Waals surface area contributed by atoms with Crippen LogP contribution in [0.15, 0.2) is 17.4 Å². The fourth-order valence-electron chi connectivity index (χ4n) is 4.57. The van der Waals surface area contributed by atoms with E-state index in [2.05, 4.69) is 48.5 Å². The minimum absolute atomic E-state index is 0.388. The van der Waals surface area contributed by atoms with Crippen LogP contribution in [0.1, 0.15) is 57.1 Å². The Morgan fingerprint density at radius 1 is 1.19 bits per heavy atom. The molecule has 9 heteroatoms. The number of hydrogen-bond acceptors (Lipinski definition) is 5. The molecule has 170 valence electrons. The van der Waals surface area contributed by atoms with Gasteiger partial charge < -0.3 is 20.1 Å². The smallest absolute Gasteiger partial charge is 0.191 e. The molecule has 0 radical (unpaired) electrons. The first kappa shape index (κ1) is 21.6. The van der Waals surface area contributed by atoms with Crippen molar-refractivity contribution in [2.45, 2.75) is 70.9 Å². The number of fused-ring (bicyclic) bond motifs is 1. The van der Waals surface area contributed by atoms with Gasteiger partial charge in [0.05, 0.1) is 11.9 Å². The van der Waals surface area contributed by atoms with Crippen molar-refractivity contribution in [2.24, 2.45) is 12.0 Å². The fourth-order valence-corrected chi connectivity index (χ4v) is 4.57. The molecule has 2 aliphatic rings. The van der Waals surface area contributed by atoms with Crippen molar-refractivity contribution < 1.29 is 0 Å². The highest BCUT2D eigenvalue weighted by Gasteiger charge is 2.22. The highest BCUT2D eigenvalue weighted by Crippen LogP contribution is 2.19. The number of piperidine rings is 1. The first-order chi connectivity index (χ1) is 15.2. The van der Waals surface area contributed by atoms with Crippen LogP contribution in [-0.4, -0.2) is 62.7 Å². The van der Waals surface area contributed by atoms with E-state index in [1.54, 1.807) is 0 Å².